The van der Waals surface area contributed by atoms with Crippen LogP contribution < -0.4 is 5.32 Å². The third-order valence-corrected chi connectivity index (χ3v) is 5.74. The maximum Gasteiger partial charge on any atom is 0.236 e. The summed E-state index contributed by atoms with van der Waals surface area (Å²) in [6, 6.07) is 0. The highest BCUT2D eigenvalue weighted by atomic mass is 16.2. The van der Waals surface area contributed by atoms with Crippen LogP contribution in [-0.4, -0.2) is 85.4 Å². The Morgan fingerprint density at radius 3 is 2.08 bits per heavy atom. The number of hydrogen-bond acceptors (Lipinski definition) is 4. The van der Waals surface area contributed by atoms with Gasteiger partial charge in [-0.05, 0) is 18.8 Å². The molecule has 24 heavy (non-hydrogen) atoms. The number of nitrogens with one attached hydrogen (secondary N) is 1. The van der Waals surface area contributed by atoms with Crippen molar-refractivity contribution in [1.82, 2.24) is 20.0 Å². The van der Waals surface area contributed by atoms with E-state index in [9.17, 15) is 9.59 Å². The van der Waals surface area contributed by atoms with Gasteiger partial charge in [0.2, 0.25) is 11.8 Å². The van der Waals surface area contributed by atoms with Gasteiger partial charge in [-0.2, -0.15) is 0 Å². The topological polar surface area (TPSA) is 55.9 Å². The van der Waals surface area contributed by atoms with E-state index in [4.69, 9.17) is 0 Å². The Bertz CT molecular complexity index is 423. The van der Waals surface area contributed by atoms with E-state index in [1.54, 1.807) is 0 Å². The highest BCUT2D eigenvalue weighted by molar-refractivity contribution is 5.78. The molecule has 1 saturated carbocycles. The van der Waals surface area contributed by atoms with E-state index in [-0.39, 0.29) is 5.91 Å². The molecule has 136 valence electrons. The van der Waals surface area contributed by atoms with Crippen LogP contribution in [0.3, 0.4) is 0 Å². The van der Waals surface area contributed by atoms with Crippen molar-refractivity contribution in [1.29, 1.82) is 0 Å². The molecule has 0 aromatic carbocycles. The predicted octanol–water partition coefficient (Wildman–Crippen LogP) is 0.533. The number of carbonyl (C=O) groups excluding carboxylic acids is 2. The Morgan fingerprint density at radius 2 is 1.42 bits per heavy atom. The fourth-order valence-corrected chi connectivity index (χ4v) is 4.13. The summed E-state index contributed by atoms with van der Waals surface area (Å²) in [6.07, 6.45) is 7.11. The Kier molecular flexibility index (Phi) is 6.49. The highest BCUT2D eigenvalue weighted by Crippen LogP contribution is 2.27. The van der Waals surface area contributed by atoms with Gasteiger partial charge in [0, 0.05) is 58.8 Å². The molecular formula is C18H32N4O2. The standard InChI is InChI=1S/C18H32N4O2/c23-17(14-16-4-2-1-3-5-16)22-12-10-20(11-13-22)15-18(24)21-8-6-19-7-9-21/h16,19H,1-15H2. The number of amides is 2. The van der Waals surface area contributed by atoms with Crippen molar-refractivity contribution in [3.8, 4) is 0 Å². The van der Waals surface area contributed by atoms with Gasteiger partial charge in [-0.1, -0.05) is 19.3 Å². The summed E-state index contributed by atoms with van der Waals surface area (Å²) >= 11 is 0. The molecule has 2 amide bonds. The Hall–Kier alpha value is -1.14. The van der Waals surface area contributed by atoms with Crippen molar-refractivity contribution in [3.63, 3.8) is 0 Å². The molecule has 0 unspecified atom stereocenters. The number of rotatable bonds is 4. The van der Waals surface area contributed by atoms with E-state index in [1.165, 1.54) is 32.1 Å². The second kappa shape index (κ2) is 8.81. The van der Waals surface area contributed by atoms with Crippen molar-refractivity contribution in [2.45, 2.75) is 38.5 Å². The molecule has 3 fully saturated rings. The first-order valence-electron chi connectivity index (χ1n) is 9.71. The number of nitrogens with zero attached hydrogens (tertiary/aromatic N) is 3. The van der Waals surface area contributed by atoms with Crippen molar-refractivity contribution >= 4 is 11.8 Å². The molecule has 0 aromatic rings. The molecule has 0 radical (unpaired) electrons. The van der Waals surface area contributed by atoms with Gasteiger partial charge in [0.25, 0.3) is 0 Å². The second-order valence-electron chi connectivity index (χ2n) is 7.50. The second-order valence-corrected chi connectivity index (χ2v) is 7.50. The quantitative estimate of drug-likeness (QED) is 0.814. The zero-order valence-corrected chi connectivity index (χ0v) is 14.8. The van der Waals surface area contributed by atoms with Gasteiger partial charge in [-0.3, -0.25) is 14.5 Å². The van der Waals surface area contributed by atoms with Crippen LogP contribution in [0.25, 0.3) is 0 Å². The normalized spacial score (nSPS) is 24.2. The molecule has 3 rings (SSSR count). The molecule has 1 N–H and O–H groups in total. The number of piperazine rings is 2. The van der Waals surface area contributed by atoms with Crippen LogP contribution in [0.1, 0.15) is 38.5 Å². The SMILES string of the molecule is O=C(CC1CCCCC1)N1CCN(CC(=O)N2CCNCC2)CC1. The van der Waals surface area contributed by atoms with Crippen molar-refractivity contribution in [3.05, 3.63) is 0 Å². The lowest BCUT2D eigenvalue weighted by atomic mass is 9.86. The van der Waals surface area contributed by atoms with Gasteiger partial charge in [-0.15, -0.1) is 0 Å². The lowest BCUT2D eigenvalue weighted by Gasteiger charge is -2.36. The van der Waals surface area contributed by atoms with E-state index in [2.05, 4.69) is 10.2 Å². The summed E-state index contributed by atoms with van der Waals surface area (Å²) in [5, 5.41) is 3.27. The first kappa shape index (κ1) is 17.7. The molecule has 6 nitrogen and oxygen atoms in total. The fraction of sp³-hybridized carbons (Fsp3) is 0.889. The highest BCUT2D eigenvalue weighted by Gasteiger charge is 2.26. The maximum absolute atomic E-state index is 12.5. The Labute approximate surface area is 145 Å². The molecule has 2 heterocycles. The largest absolute Gasteiger partial charge is 0.340 e. The van der Waals surface area contributed by atoms with Crippen LogP contribution in [0.15, 0.2) is 0 Å². The summed E-state index contributed by atoms with van der Waals surface area (Å²) in [4.78, 5) is 31.0. The minimum Gasteiger partial charge on any atom is -0.340 e. The zero-order chi connectivity index (χ0) is 16.8. The van der Waals surface area contributed by atoms with E-state index in [1.807, 2.05) is 9.80 Å². The van der Waals surface area contributed by atoms with Gasteiger partial charge >= 0.3 is 0 Å². The summed E-state index contributed by atoms with van der Waals surface area (Å²) in [5.41, 5.74) is 0. The smallest absolute Gasteiger partial charge is 0.236 e. The maximum atomic E-state index is 12.5. The predicted molar refractivity (Wildman–Crippen MR) is 93.7 cm³/mol. The third kappa shape index (κ3) is 4.93. The third-order valence-electron chi connectivity index (χ3n) is 5.74. The monoisotopic (exact) mass is 336 g/mol. The van der Waals surface area contributed by atoms with Crippen LogP contribution in [0.5, 0.6) is 0 Å². The average molecular weight is 336 g/mol. The van der Waals surface area contributed by atoms with Crippen molar-refractivity contribution in [2.75, 3.05) is 58.9 Å². The lowest BCUT2D eigenvalue weighted by Crippen LogP contribution is -2.54. The Morgan fingerprint density at radius 1 is 0.792 bits per heavy atom. The fourth-order valence-electron chi connectivity index (χ4n) is 4.13. The molecule has 0 atom stereocenters. The molecule has 6 heteroatoms. The molecule has 0 bridgehead atoms. The summed E-state index contributed by atoms with van der Waals surface area (Å²) < 4.78 is 0. The summed E-state index contributed by atoms with van der Waals surface area (Å²) in [5.74, 6) is 1.17. The van der Waals surface area contributed by atoms with Crippen LogP contribution in [0, 0.1) is 5.92 Å². The minimum absolute atomic E-state index is 0.235. The Balaban J connectivity index is 1.37. The molecule has 0 aromatic heterocycles. The number of carbonyl (C=O) groups is 2. The molecule has 2 aliphatic heterocycles. The van der Waals surface area contributed by atoms with Gasteiger partial charge in [-0.25, -0.2) is 0 Å². The van der Waals surface area contributed by atoms with Crippen molar-refractivity contribution in [2.24, 2.45) is 5.92 Å². The molecule has 2 saturated heterocycles. The van der Waals surface area contributed by atoms with Crippen LogP contribution in [-0.2, 0) is 9.59 Å². The zero-order valence-electron chi connectivity index (χ0n) is 14.8. The summed E-state index contributed by atoms with van der Waals surface area (Å²) in [7, 11) is 0. The van der Waals surface area contributed by atoms with E-state index < -0.39 is 0 Å². The van der Waals surface area contributed by atoms with Crippen LogP contribution in [0.2, 0.25) is 0 Å². The summed E-state index contributed by atoms with van der Waals surface area (Å²) in [6.45, 7) is 7.15. The molecule has 0 spiro atoms. The molecular weight excluding hydrogens is 304 g/mol. The van der Waals surface area contributed by atoms with E-state index >= 15 is 0 Å². The molecule has 1 aliphatic carbocycles. The van der Waals surface area contributed by atoms with Crippen LogP contribution in [0.4, 0.5) is 0 Å². The van der Waals surface area contributed by atoms with Gasteiger partial charge in [0.1, 0.15) is 0 Å². The van der Waals surface area contributed by atoms with Crippen molar-refractivity contribution < 1.29 is 9.59 Å². The lowest BCUT2D eigenvalue weighted by molar-refractivity contribution is -0.136. The van der Waals surface area contributed by atoms with Gasteiger partial charge < -0.3 is 15.1 Å². The molecule has 3 aliphatic rings. The minimum atomic E-state index is 0.235. The first-order valence-corrected chi connectivity index (χ1v) is 9.71. The van der Waals surface area contributed by atoms with E-state index in [0.29, 0.717) is 18.4 Å². The first-order chi connectivity index (χ1) is 11.7. The van der Waals surface area contributed by atoms with E-state index in [0.717, 1.165) is 58.8 Å². The number of hydrogen-bond donors (Lipinski definition) is 1. The van der Waals surface area contributed by atoms with Gasteiger partial charge in [0.15, 0.2) is 0 Å². The van der Waals surface area contributed by atoms with Gasteiger partial charge in [0.05, 0.1) is 6.54 Å². The average Bonchev–Trinajstić information content (AvgIpc) is 2.64. The van der Waals surface area contributed by atoms with Crippen LogP contribution >= 0.6 is 0 Å².